The molecular formula is C14H14Cl2N2OS. The molecule has 0 spiro atoms. The maximum atomic E-state index is 11.1. The van der Waals surface area contributed by atoms with E-state index in [1.807, 2.05) is 18.2 Å². The van der Waals surface area contributed by atoms with Gasteiger partial charge in [0.2, 0.25) is 5.91 Å². The van der Waals surface area contributed by atoms with Crippen molar-refractivity contribution in [3.8, 4) is 0 Å². The summed E-state index contributed by atoms with van der Waals surface area (Å²) >= 11 is 13.6. The summed E-state index contributed by atoms with van der Waals surface area (Å²) in [5.74, 6) is -0.479. The van der Waals surface area contributed by atoms with Crippen LogP contribution in [0.15, 0.2) is 30.3 Å². The summed E-state index contributed by atoms with van der Waals surface area (Å²) in [4.78, 5) is 12.2. The van der Waals surface area contributed by atoms with Crippen LogP contribution in [0.25, 0.3) is 0 Å². The number of hydrogen-bond donors (Lipinski definition) is 2. The van der Waals surface area contributed by atoms with Crippen LogP contribution < -0.4 is 11.1 Å². The van der Waals surface area contributed by atoms with Crippen molar-refractivity contribution in [2.75, 3.05) is 0 Å². The summed E-state index contributed by atoms with van der Waals surface area (Å²) in [6.45, 7) is 2.67. The molecule has 0 saturated carbocycles. The van der Waals surface area contributed by atoms with Gasteiger partial charge in [-0.25, -0.2) is 0 Å². The van der Waals surface area contributed by atoms with Gasteiger partial charge in [-0.1, -0.05) is 29.3 Å². The van der Waals surface area contributed by atoms with Crippen LogP contribution >= 0.6 is 34.5 Å². The third-order valence-corrected chi connectivity index (χ3v) is 4.72. The van der Waals surface area contributed by atoms with Gasteiger partial charge in [0, 0.05) is 28.0 Å². The molecule has 1 aromatic carbocycles. The zero-order chi connectivity index (χ0) is 14.7. The molecule has 0 aliphatic heterocycles. The zero-order valence-electron chi connectivity index (χ0n) is 10.8. The van der Waals surface area contributed by atoms with Crippen molar-refractivity contribution in [2.45, 2.75) is 19.5 Å². The van der Waals surface area contributed by atoms with E-state index >= 15 is 0 Å². The molecule has 0 radical (unpaired) electrons. The quantitative estimate of drug-likeness (QED) is 0.871. The molecule has 0 aliphatic carbocycles. The first-order valence-electron chi connectivity index (χ1n) is 6.04. The molecule has 20 heavy (non-hydrogen) atoms. The molecule has 1 aromatic heterocycles. The van der Waals surface area contributed by atoms with Crippen LogP contribution in [0.4, 0.5) is 0 Å². The first kappa shape index (κ1) is 15.3. The molecule has 0 bridgehead atoms. The lowest BCUT2D eigenvalue weighted by atomic mass is 10.1. The lowest BCUT2D eigenvalue weighted by molar-refractivity contribution is 0.100. The molecule has 3 nitrogen and oxygen atoms in total. The summed E-state index contributed by atoms with van der Waals surface area (Å²) in [6.07, 6.45) is 0. The number of primary amides is 1. The fourth-order valence-corrected chi connectivity index (χ4v) is 3.10. The van der Waals surface area contributed by atoms with Gasteiger partial charge in [0.1, 0.15) is 0 Å². The second-order valence-corrected chi connectivity index (χ2v) is 6.57. The van der Waals surface area contributed by atoms with Crippen molar-refractivity contribution in [2.24, 2.45) is 5.73 Å². The Morgan fingerprint density at radius 1 is 1.35 bits per heavy atom. The molecule has 2 aromatic rings. The monoisotopic (exact) mass is 328 g/mol. The van der Waals surface area contributed by atoms with E-state index in [0.29, 0.717) is 17.1 Å². The van der Waals surface area contributed by atoms with E-state index in [1.165, 1.54) is 4.88 Å². The van der Waals surface area contributed by atoms with Gasteiger partial charge in [-0.3, -0.25) is 4.79 Å². The van der Waals surface area contributed by atoms with E-state index in [0.717, 1.165) is 9.90 Å². The van der Waals surface area contributed by atoms with Crippen LogP contribution in [0.3, 0.4) is 0 Å². The van der Waals surface area contributed by atoms with Crippen LogP contribution in [-0.4, -0.2) is 5.91 Å². The maximum Gasteiger partial charge on any atom is 0.248 e. The molecule has 0 saturated heterocycles. The van der Waals surface area contributed by atoms with Gasteiger partial charge in [0.25, 0.3) is 0 Å². The molecular weight excluding hydrogens is 315 g/mol. The van der Waals surface area contributed by atoms with Crippen LogP contribution in [-0.2, 0) is 6.54 Å². The Morgan fingerprint density at radius 2 is 2.10 bits per heavy atom. The third kappa shape index (κ3) is 3.73. The minimum Gasteiger partial charge on any atom is -0.366 e. The van der Waals surface area contributed by atoms with Gasteiger partial charge in [-0.15, -0.1) is 11.3 Å². The SMILES string of the molecule is CC(NCc1ccc(C(N)=O)cc1Cl)c1ccc(Cl)s1. The predicted molar refractivity (Wildman–Crippen MR) is 84.6 cm³/mol. The van der Waals surface area contributed by atoms with Crippen molar-refractivity contribution < 1.29 is 4.79 Å². The van der Waals surface area contributed by atoms with Crippen molar-refractivity contribution in [1.29, 1.82) is 0 Å². The average Bonchev–Trinajstić information content (AvgIpc) is 2.83. The number of thiophene rings is 1. The molecule has 1 heterocycles. The second-order valence-electron chi connectivity index (χ2n) is 4.41. The molecule has 2 rings (SSSR count). The Hall–Kier alpha value is -1.07. The first-order valence-corrected chi connectivity index (χ1v) is 7.61. The van der Waals surface area contributed by atoms with Gasteiger partial charge in [-0.2, -0.15) is 0 Å². The van der Waals surface area contributed by atoms with Crippen molar-refractivity contribution in [3.63, 3.8) is 0 Å². The van der Waals surface area contributed by atoms with Gasteiger partial charge in [0.05, 0.1) is 4.34 Å². The minimum absolute atomic E-state index is 0.180. The summed E-state index contributed by atoms with van der Waals surface area (Å²) in [5.41, 5.74) is 6.55. The normalized spacial score (nSPS) is 12.3. The Balaban J connectivity index is 2.02. The highest BCUT2D eigenvalue weighted by Crippen LogP contribution is 2.27. The molecule has 0 aliphatic rings. The number of carbonyl (C=O) groups excluding carboxylic acids is 1. The number of halogens is 2. The molecule has 0 fully saturated rings. The third-order valence-electron chi connectivity index (χ3n) is 2.96. The second kappa shape index (κ2) is 6.59. The molecule has 3 N–H and O–H groups in total. The first-order chi connectivity index (χ1) is 9.47. The Bertz CT molecular complexity index is 627. The van der Waals surface area contributed by atoms with E-state index < -0.39 is 5.91 Å². The van der Waals surface area contributed by atoms with E-state index in [9.17, 15) is 4.79 Å². The number of hydrogen-bond acceptors (Lipinski definition) is 3. The lowest BCUT2D eigenvalue weighted by Crippen LogP contribution is -2.18. The lowest BCUT2D eigenvalue weighted by Gasteiger charge is -2.13. The topological polar surface area (TPSA) is 55.1 Å². The summed E-state index contributed by atoms with van der Waals surface area (Å²) in [7, 11) is 0. The van der Waals surface area contributed by atoms with Crippen LogP contribution in [0.5, 0.6) is 0 Å². The number of nitrogens with two attached hydrogens (primary N) is 1. The number of benzene rings is 1. The molecule has 6 heteroatoms. The highest BCUT2D eigenvalue weighted by Gasteiger charge is 2.10. The van der Waals surface area contributed by atoms with Crippen molar-refractivity contribution in [3.05, 3.63) is 55.7 Å². The molecule has 1 amide bonds. The molecule has 1 unspecified atom stereocenters. The van der Waals surface area contributed by atoms with E-state index in [2.05, 4.69) is 12.2 Å². The highest BCUT2D eigenvalue weighted by molar-refractivity contribution is 7.16. The van der Waals surface area contributed by atoms with E-state index in [4.69, 9.17) is 28.9 Å². The fourth-order valence-electron chi connectivity index (χ4n) is 1.77. The fraction of sp³-hybridized carbons (Fsp3) is 0.214. The Kier molecular flexibility index (Phi) is 5.05. The molecule has 1 atom stereocenters. The van der Waals surface area contributed by atoms with Crippen molar-refractivity contribution >= 4 is 40.4 Å². The van der Waals surface area contributed by atoms with Gasteiger partial charge >= 0.3 is 0 Å². The van der Waals surface area contributed by atoms with Gasteiger partial charge in [-0.05, 0) is 36.8 Å². The van der Waals surface area contributed by atoms with E-state index in [1.54, 1.807) is 23.5 Å². The Labute approximate surface area is 131 Å². The number of amides is 1. The number of carbonyl (C=O) groups is 1. The smallest absolute Gasteiger partial charge is 0.248 e. The number of nitrogens with one attached hydrogen (secondary N) is 1. The summed E-state index contributed by atoms with van der Waals surface area (Å²) in [5, 5.41) is 3.90. The summed E-state index contributed by atoms with van der Waals surface area (Å²) < 4.78 is 0.775. The zero-order valence-corrected chi connectivity index (χ0v) is 13.1. The van der Waals surface area contributed by atoms with E-state index in [-0.39, 0.29) is 6.04 Å². The van der Waals surface area contributed by atoms with Crippen LogP contribution in [0, 0.1) is 0 Å². The highest BCUT2D eigenvalue weighted by atomic mass is 35.5. The number of rotatable bonds is 5. The van der Waals surface area contributed by atoms with Crippen molar-refractivity contribution in [1.82, 2.24) is 5.32 Å². The summed E-state index contributed by atoms with van der Waals surface area (Å²) in [6, 6.07) is 9.14. The Morgan fingerprint density at radius 3 is 2.65 bits per heavy atom. The van der Waals surface area contributed by atoms with Crippen LogP contribution in [0.2, 0.25) is 9.36 Å². The predicted octanol–water partition coefficient (Wildman–Crippen LogP) is 4.00. The standard InChI is InChI=1S/C14H14Cl2N2OS/c1-8(12-4-5-13(16)20-12)18-7-10-3-2-9(14(17)19)6-11(10)15/h2-6,8,18H,7H2,1H3,(H2,17,19). The minimum atomic E-state index is -0.479. The van der Waals surface area contributed by atoms with Gasteiger partial charge in [0.15, 0.2) is 0 Å². The van der Waals surface area contributed by atoms with Crippen LogP contribution in [0.1, 0.15) is 33.8 Å². The average molecular weight is 329 g/mol. The largest absolute Gasteiger partial charge is 0.366 e. The van der Waals surface area contributed by atoms with Gasteiger partial charge < -0.3 is 11.1 Å². The maximum absolute atomic E-state index is 11.1. The molecule has 106 valence electrons.